The van der Waals surface area contributed by atoms with Crippen LogP contribution in [0.1, 0.15) is 11.1 Å². The molecule has 0 aliphatic rings. The Morgan fingerprint density at radius 1 is 0.812 bits per heavy atom. The van der Waals surface area contributed by atoms with Crippen LogP contribution in [-0.2, 0) is 9.59 Å². The van der Waals surface area contributed by atoms with E-state index < -0.39 is 10.5 Å². The fourth-order valence-corrected chi connectivity index (χ4v) is 1.17. The quantitative estimate of drug-likeness (QED) is 0.611. The molecule has 0 spiro atoms. The molecule has 0 fully saturated rings. The van der Waals surface area contributed by atoms with E-state index in [-0.39, 0.29) is 0 Å². The second-order valence-corrected chi connectivity index (χ2v) is 3.69. The lowest BCUT2D eigenvalue weighted by molar-refractivity contribution is -0.108. The van der Waals surface area contributed by atoms with E-state index in [1.54, 1.807) is 36.4 Å². The molecule has 82 valence electrons. The summed E-state index contributed by atoms with van der Waals surface area (Å²) >= 11 is 10.3. The van der Waals surface area contributed by atoms with Crippen molar-refractivity contribution in [2.45, 2.75) is 0 Å². The molecule has 0 aliphatic heterocycles. The smallest absolute Gasteiger partial charge is 0.245 e. The van der Waals surface area contributed by atoms with Crippen LogP contribution in [0.2, 0.25) is 0 Å². The first-order chi connectivity index (χ1) is 7.58. The molecule has 16 heavy (non-hydrogen) atoms. The third-order valence-electron chi connectivity index (χ3n) is 1.75. The molecule has 0 radical (unpaired) electrons. The van der Waals surface area contributed by atoms with Crippen LogP contribution in [-0.4, -0.2) is 10.5 Å². The Morgan fingerprint density at radius 2 is 1.12 bits per heavy atom. The van der Waals surface area contributed by atoms with Gasteiger partial charge in [0.1, 0.15) is 0 Å². The van der Waals surface area contributed by atoms with Crippen molar-refractivity contribution in [2.24, 2.45) is 0 Å². The number of hydrogen-bond donors (Lipinski definition) is 0. The average Bonchev–Trinajstić information content (AvgIpc) is 2.25. The van der Waals surface area contributed by atoms with Gasteiger partial charge in [-0.25, -0.2) is 0 Å². The summed E-state index contributed by atoms with van der Waals surface area (Å²) in [6.07, 6.45) is 5.76. The average molecular weight is 255 g/mol. The molecule has 0 amide bonds. The van der Waals surface area contributed by atoms with E-state index in [2.05, 4.69) is 0 Å². The summed E-state index contributed by atoms with van der Waals surface area (Å²) in [5.74, 6) is 0. The predicted molar refractivity (Wildman–Crippen MR) is 66.2 cm³/mol. The first-order valence-electron chi connectivity index (χ1n) is 4.43. The van der Waals surface area contributed by atoms with Gasteiger partial charge in [0, 0.05) is 0 Å². The third kappa shape index (κ3) is 4.91. The minimum Gasteiger partial charge on any atom is -0.276 e. The van der Waals surface area contributed by atoms with Crippen molar-refractivity contribution in [3.05, 3.63) is 47.5 Å². The van der Waals surface area contributed by atoms with E-state index >= 15 is 0 Å². The van der Waals surface area contributed by atoms with Crippen LogP contribution in [0, 0.1) is 0 Å². The zero-order valence-corrected chi connectivity index (χ0v) is 9.70. The molecule has 1 aromatic carbocycles. The summed E-state index contributed by atoms with van der Waals surface area (Å²) in [6, 6.07) is 7.20. The van der Waals surface area contributed by atoms with Gasteiger partial charge in [0.2, 0.25) is 10.5 Å². The zero-order chi connectivity index (χ0) is 12.0. The maximum absolute atomic E-state index is 10.5. The highest BCUT2D eigenvalue weighted by molar-refractivity contribution is 6.67. The highest BCUT2D eigenvalue weighted by Gasteiger charge is 1.91. The van der Waals surface area contributed by atoms with Crippen LogP contribution in [0.3, 0.4) is 0 Å². The van der Waals surface area contributed by atoms with E-state index in [9.17, 15) is 9.59 Å². The first-order valence-corrected chi connectivity index (χ1v) is 5.18. The second kappa shape index (κ2) is 6.26. The van der Waals surface area contributed by atoms with Gasteiger partial charge in [0.25, 0.3) is 0 Å². The van der Waals surface area contributed by atoms with E-state index in [0.717, 1.165) is 11.1 Å². The van der Waals surface area contributed by atoms with Crippen LogP contribution >= 0.6 is 23.2 Å². The van der Waals surface area contributed by atoms with E-state index in [1.807, 2.05) is 0 Å². The lowest BCUT2D eigenvalue weighted by atomic mass is 10.1. The van der Waals surface area contributed by atoms with Crippen molar-refractivity contribution in [3.8, 4) is 0 Å². The fourth-order valence-electron chi connectivity index (χ4n) is 1.04. The minimum absolute atomic E-state index is 0.517. The molecular weight excluding hydrogens is 247 g/mol. The van der Waals surface area contributed by atoms with Crippen molar-refractivity contribution >= 4 is 45.8 Å². The van der Waals surface area contributed by atoms with Crippen LogP contribution in [0.25, 0.3) is 12.2 Å². The number of benzene rings is 1. The van der Waals surface area contributed by atoms with E-state index in [4.69, 9.17) is 23.2 Å². The van der Waals surface area contributed by atoms with Crippen LogP contribution in [0.15, 0.2) is 36.4 Å². The van der Waals surface area contributed by atoms with Gasteiger partial charge in [0.15, 0.2) is 0 Å². The molecule has 0 atom stereocenters. The van der Waals surface area contributed by atoms with Crippen molar-refractivity contribution in [3.63, 3.8) is 0 Å². The number of allylic oxidation sites excluding steroid dienone is 2. The Morgan fingerprint density at radius 3 is 1.38 bits per heavy atom. The summed E-state index contributed by atoms with van der Waals surface area (Å²) in [7, 11) is 0. The number of halogens is 2. The largest absolute Gasteiger partial charge is 0.276 e. The highest BCUT2D eigenvalue weighted by atomic mass is 35.5. The lowest BCUT2D eigenvalue weighted by Gasteiger charge is -1.94. The first kappa shape index (κ1) is 12.7. The molecule has 0 aromatic heterocycles. The molecule has 0 saturated carbocycles. The van der Waals surface area contributed by atoms with Crippen LogP contribution in [0.4, 0.5) is 0 Å². The Bertz CT molecular complexity index is 402. The van der Waals surface area contributed by atoms with Gasteiger partial charge >= 0.3 is 0 Å². The van der Waals surface area contributed by atoms with Gasteiger partial charge in [-0.2, -0.15) is 0 Å². The van der Waals surface area contributed by atoms with Gasteiger partial charge in [-0.1, -0.05) is 36.4 Å². The predicted octanol–water partition coefficient (Wildman–Crippen LogP) is 3.24. The monoisotopic (exact) mass is 254 g/mol. The Balaban J connectivity index is 2.75. The highest BCUT2D eigenvalue weighted by Crippen LogP contribution is 2.08. The zero-order valence-electron chi connectivity index (χ0n) is 8.19. The Hall–Kier alpha value is -1.38. The van der Waals surface area contributed by atoms with Gasteiger partial charge < -0.3 is 0 Å². The topological polar surface area (TPSA) is 34.1 Å². The maximum atomic E-state index is 10.5. The molecule has 1 rings (SSSR count). The Labute approximate surface area is 103 Å². The molecule has 0 unspecified atom stereocenters. The summed E-state index contributed by atoms with van der Waals surface area (Å²) in [5, 5.41) is -1.03. The van der Waals surface area contributed by atoms with E-state index in [0.29, 0.717) is 0 Å². The third-order valence-corrected chi connectivity index (χ3v) is 2.00. The van der Waals surface area contributed by atoms with Gasteiger partial charge in [-0.05, 0) is 46.5 Å². The Kier molecular flexibility index (Phi) is 4.96. The number of rotatable bonds is 4. The van der Waals surface area contributed by atoms with Crippen LogP contribution < -0.4 is 0 Å². The number of carbonyl (C=O) groups excluding carboxylic acids is 2. The summed E-state index contributed by atoms with van der Waals surface area (Å²) < 4.78 is 0. The standard InChI is InChI=1S/C12H8Cl2O2/c13-11(15)7-5-9-1-2-10(4-3-9)6-8-12(14)16/h1-8H/b7-5-,8-6-. The normalized spacial score (nSPS) is 11.1. The van der Waals surface area contributed by atoms with Crippen molar-refractivity contribution in [1.82, 2.24) is 0 Å². The van der Waals surface area contributed by atoms with E-state index in [1.165, 1.54) is 12.2 Å². The summed E-state index contributed by atoms with van der Waals surface area (Å²) in [4.78, 5) is 21.0. The second-order valence-electron chi connectivity index (χ2n) is 2.94. The molecule has 0 N–H and O–H groups in total. The van der Waals surface area contributed by atoms with Gasteiger partial charge in [-0.3, -0.25) is 9.59 Å². The number of carbonyl (C=O) groups is 2. The van der Waals surface area contributed by atoms with Crippen LogP contribution in [0.5, 0.6) is 0 Å². The molecule has 1 aromatic rings. The molecular formula is C12H8Cl2O2. The van der Waals surface area contributed by atoms with Crippen molar-refractivity contribution in [2.75, 3.05) is 0 Å². The molecule has 2 nitrogen and oxygen atoms in total. The van der Waals surface area contributed by atoms with Crippen molar-refractivity contribution in [1.29, 1.82) is 0 Å². The summed E-state index contributed by atoms with van der Waals surface area (Å²) in [6.45, 7) is 0. The molecule has 0 saturated heterocycles. The molecule has 0 bridgehead atoms. The lowest BCUT2D eigenvalue weighted by Crippen LogP contribution is -1.79. The maximum Gasteiger partial charge on any atom is 0.245 e. The molecule has 0 heterocycles. The molecule has 0 aliphatic carbocycles. The molecule has 4 heteroatoms. The summed E-state index contributed by atoms with van der Waals surface area (Å²) in [5.41, 5.74) is 1.70. The van der Waals surface area contributed by atoms with Crippen molar-refractivity contribution < 1.29 is 9.59 Å². The minimum atomic E-state index is -0.517. The van der Waals surface area contributed by atoms with Gasteiger partial charge in [-0.15, -0.1) is 0 Å². The SMILES string of the molecule is O=C(Cl)/C=C\c1ccc(/C=C\C(=O)Cl)cc1. The van der Waals surface area contributed by atoms with Gasteiger partial charge in [0.05, 0.1) is 0 Å². The number of hydrogen-bond acceptors (Lipinski definition) is 2. The fraction of sp³-hybridized carbons (Fsp3) is 0.